The van der Waals surface area contributed by atoms with Crippen LogP contribution in [0.3, 0.4) is 0 Å². The zero-order valence-corrected chi connectivity index (χ0v) is 5.56. The average Bonchev–Trinajstić information content (AvgIpc) is 1.88. The predicted molar refractivity (Wildman–Crippen MR) is 33.1 cm³/mol. The van der Waals surface area contributed by atoms with Crippen molar-refractivity contribution in [2.75, 3.05) is 6.54 Å². The lowest BCUT2D eigenvalue weighted by molar-refractivity contribution is -0.577. The Morgan fingerprint density at radius 3 is 2.70 bits per heavy atom. The summed E-state index contributed by atoms with van der Waals surface area (Å²) in [4.78, 5) is 9.72. The number of hydroxylamine groups is 2. The van der Waals surface area contributed by atoms with Gasteiger partial charge in [0.15, 0.2) is 0 Å². The molecule has 0 radical (unpaired) electrons. The fraction of sp³-hybridized carbons (Fsp3) is 1.00. The number of nitro groups is 1. The number of nitrogens with zero attached hydrogens (tertiary/aromatic N) is 2. The largest absolute Gasteiger partial charge is 0.308 e. The number of piperidine rings is 1. The number of rotatable bonds is 1. The standard InChI is InChI=1S/C5H10N2O3/c8-6-4-2-1-3-5(6)7(9)10/h5,8H,1-4H2. The molecular weight excluding hydrogens is 136 g/mol. The van der Waals surface area contributed by atoms with Crippen LogP contribution < -0.4 is 0 Å². The van der Waals surface area contributed by atoms with Crippen LogP contribution in [0.25, 0.3) is 0 Å². The van der Waals surface area contributed by atoms with Crippen LogP contribution in [-0.4, -0.2) is 27.9 Å². The summed E-state index contributed by atoms with van der Waals surface area (Å²) in [5.74, 6) is 0. The van der Waals surface area contributed by atoms with E-state index in [1.165, 1.54) is 0 Å². The lowest BCUT2D eigenvalue weighted by Gasteiger charge is -2.23. The first kappa shape index (κ1) is 7.43. The highest BCUT2D eigenvalue weighted by atomic mass is 16.6. The fourth-order valence-electron chi connectivity index (χ4n) is 1.11. The van der Waals surface area contributed by atoms with Crippen molar-refractivity contribution in [3.8, 4) is 0 Å². The molecule has 1 atom stereocenters. The molecule has 5 nitrogen and oxygen atoms in total. The Kier molecular flexibility index (Phi) is 2.18. The predicted octanol–water partition coefficient (Wildman–Crippen LogP) is 0.464. The van der Waals surface area contributed by atoms with Gasteiger partial charge in [0.2, 0.25) is 0 Å². The molecule has 1 rings (SSSR count). The number of hydrogen-bond acceptors (Lipinski definition) is 4. The Labute approximate surface area is 58.4 Å². The van der Waals surface area contributed by atoms with E-state index in [0.717, 1.165) is 17.9 Å². The summed E-state index contributed by atoms with van der Waals surface area (Å²) in [6.07, 6.45) is 1.28. The van der Waals surface area contributed by atoms with E-state index in [-0.39, 0.29) is 0 Å². The highest BCUT2D eigenvalue weighted by Crippen LogP contribution is 2.14. The molecular formula is C5H10N2O3. The van der Waals surface area contributed by atoms with Crippen LogP contribution in [0.2, 0.25) is 0 Å². The molecule has 0 aromatic rings. The highest BCUT2D eigenvalue weighted by molar-refractivity contribution is 4.60. The Morgan fingerprint density at radius 1 is 1.60 bits per heavy atom. The zero-order valence-electron chi connectivity index (χ0n) is 5.56. The van der Waals surface area contributed by atoms with Gasteiger partial charge in [-0.3, -0.25) is 10.1 Å². The van der Waals surface area contributed by atoms with E-state index in [1.807, 2.05) is 0 Å². The molecule has 0 aromatic carbocycles. The van der Waals surface area contributed by atoms with Gasteiger partial charge in [-0.05, 0) is 12.8 Å². The van der Waals surface area contributed by atoms with Gasteiger partial charge in [-0.2, -0.15) is 0 Å². The summed E-state index contributed by atoms with van der Waals surface area (Å²) in [5, 5.41) is 19.9. The summed E-state index contributed by atoms with van der Waals surface area (Å²) < 4.78 is 0. The van der Waals surface area contributed by atoms with Crippen LogP contribution >= 0.6 is 0 Å². The SMILES string of the molecule is O=[N+]([O-])C1CCCCN1O. The molecule has 5 heteroatoms. The van der Waals surface area contributed by atoms with Gasteiger partial charge in [-0.25, -0.2) is 0 Å². The van der Waals surface area contributed by atoms with Crippen molar-refractivity contribution in [2.45, 2.75) is 25.4 Å². The van der Waals surface area contributed by atoms with E-state index in [1.54, 1.807) is 0 Å². The van der Waals surface area contributed by atoms with E-state index in [4.69, 9.17) is 5.21 Å². The maximum absolute atomic E-state index is 10.2. The summed E-state index contributed by atoms with van der Waals surface area (Å²) in [5.41, 5.74) is 0. The van der Waals surface area contributed by atoms with E-state index < -0.39 is 11.1 Å². The van der Waals surface area contributed by atoms with Crippen molar-refractivity contribution in [3.05, 3.63) is 10.1 Å². The molecule has 1 fully saturated rings. The van der Waals surface area contributed by atoms with Crippen molar-refractivity contribution in [2.24, 2.45) is 0 Å². The topological polar surface area (TPSA) is 66.6 Å². The van der Waals surface area contributed by atoms with E-state index in [9.17, 15) is 10.1 Å². The van der Waals surface area contributed by atoms with Crippen LogP contribution in [0.4, 0.5) is 0 Å². The molecule has 58 valence electrons. The van der Waals surface area contributed by atoms with Crippen LogP contribution in [0.5, 0.6) is 0 Å². The molecule has 0 aromatic heterocycles. The summed E-state index contributed by atoms with van der Waals surface area (Å²) in [6.45, 7) is 0.422. The van der Waals surface area contributed by atoms with Crippen molar-refractivity contribution in [1.82, 2.24) is 5.06 Å². The summed E-state index contributed by atoms with van der Waals surface area (Å²) in [7, 11) is 0. The molecule has 0 bridgehead atoms. The summed E-state index contributed by atoms with van der Waals surface area (Å²) in [6, 6.07) is 0. The van der Waals surface area contributed by atoms with Crippen LogP contribution in [-0.2, 0) is 0 Å². The second-order valence-electron chi connectivity index (χ2n) is 2.42. The van der Waals surface area contributed by atoms with E-state index in [2.05, 4.69) is 0 Å². The Morgan fingerprint density at radius 2 is 2.30 bits per heavy atom. The van der Waals surface area contributed by atoms with Gasteiger partial charge in [0.05, 0.1) is 0 Å². The third kappa shape index (κ3) is 1.43. The molecule has 1 N–H and O–H groups in total. The molecule has 10 heavy (non-hydrogen) atoms. The van der Waals surface area contributed by atoms with Gasteiger partial charge >= 0.3 is 0 Å². The van der Waals surface area contributed by atoms with E-state index in [0.29, 0.717) is 13.0 Å². The van der Waals surface area contributed by atoms with E-state index >= 15 is 0 Å². The Bertz CT molecular complexity index is 139. The van der Waals surface area contributed by atoms with Gasteiger partial charge in [0.25, 0.3) is 6.17 Å². The number of hydrogen-bond donors (Lipinski definition) is 1. The van der Waals surface area contributed by atoms with Crippen molar-refractivity contribution in [1.29, 1.82) is 0 Å². The highest BCUT2D eigenvalue weighted by Gasteiger charge is 2.29. The summed E-state index contributed by atoms with van der Waals surface area (Å²) >= 11 is 0. The second kappa shape index (κ2) is 2.94. The minimum atomic E-state index is -0.867. The Balaban J connectivity index is 2.47. The van der Waals surface area contributed by atoms with Gasteiger partial charge in [0, 0.05) is 17.9 Å². The van der Waals surface area contributed by atoms with Gasteiger partial charge in [-0.1, -0.05) is 0 Å². The third-order valence-electron chi connectivity index (χ3n) is 1.69. The lowest BCUT2D eigenvalue weighted by Crippen LogP contribution is -2.41. The molecule has 0 aliphatic carbocycles. The maximum Gasteiger partial charge on any atom is 0.289 e. The normalized spacial score (nSPS) is 28.3. The molecule has 1 heterocycles. The van der Waals surface area contributed by atoms with Gasteiger partial charge in [-0.15, -0.1) is 5.06 Å². The molecule has 1 saturated heterocycles. The quantitative estimate of drug-likeness (QED) is 0.431. The molecule has 0 spiro atoms. The first-order valence-corrected chi connectivity index (χ1v) is 3.31. The monoisotopic (exact) mass is 146 g/mol. The first-order chi connectivity index (χ1) is 4.72. The zero-order chi connectivity index (χ0) is 7.56. The van der Waals surface area contributed by atoms with Crippen LogP contribution in [0.1, 0.15) is 19.3 Å². The molecule has 0 saturated carbocycles. The minimum absolute atomic E-state index is 0.422. The molecule has 1 unspecified atom stereocenters. The second-order valence-corrected chi connectivity index (χ2v) is 2.42. The van der Waals surface area contributed by atoms with Crippen molar-refractivity contribution >= 4 is 0 Å². The lowest BCUT2D eigenvalue weighted by atomic mass is 10.1. The Hall–Kier alpha value is -0.680. The first-order valence-electron chi connectivity index (χ1n) is 3.31. The van der Waals surface area contributed by atoms with Gasteiger partial charge in [0.1, 0.15) is 0 Å². The fourth-order valence-corrected chi connectivity index (χ4v) is 1.11. The average molecular weight is 146 g/mol. The van der Waals surface area contributed by atoms with Crippen LogP contribution in [0, 0.1) is 10.1 Å². The molecule has 1 aliphatic heterocycles. The minimum Gasteiger partial charge on any atom is -0.308 e. The van der Waals surface area contributed by atoms with Gasteiger partial charge < -0.3 is 5.21 Å². The molecule has 1 aliphatic rings. The third-order valence-corrected chi connectivity index (χ3v) is 1.69. The van der Waals surface area contributed by atoms with Crippen molar-refractivity contribution in [3.63, 3.8) is 0 Å². The molecule has 0 amide bonds. The van der Waals surface area contributed by atoms with Crippen LogP contribution in [0.15, 0.2) is 0 Å². The smallest absolute Gasteiger partial charge is 0.289 e. The maximum atomic E-state index is 10.2. The van der Waals surface area contributed by atoms with Crippen molar-refractivity contribution < 1.29 is 10.1 Å².